The minimum absolute atomic E-state index is 0.0712. The highest BCUT2D eigenvalue weighted by molar-refractivity contribution is 5.92. The lowest BCUT2D eigenvalue weighted by molar-refractivity contribution is 0.282. The normalized spacial score (nSPS) is 10.8. The maximum absolute atomic E-state index is 9.05. The SMILES string of the molecule is Cc1nnc(NCc2ccc(CO)cc2)c2ccccc12. The first-order valence-corrected chi connectivity index (χ1v) is 6.92. The highest BCUT2D eigenvalue weighted by Crippen LogP contribution is 2.22. The summed E-state index contributed by atoms with van der Waals surface area (Å²) in [5, 5.41) is 23.0. The van der Waals surface area contributed by atoms with E-state index in [9.17, 15) is 0 Å². The van der Waals surface area contributed by atoms with Gasteiger partial charge in [-0.3, -0.25) is 0 Å². The first kappa shape index (κ1) is 13.5. The molecule has 0 saturated carbocycles. The molecule has 4 nitrogen and oxygen atoms in total. The van der Waals surface area contributed by atoms with Crippen LogP contribution >= 0.6 is 0 Å². The summed E-state index contributed by atoms with van der Waals surface area (Å²) in [7, 11) is 0. The van der Waals surface area contributed by atoms with Crippen molar-refractivity contribution in [2.45, 2.75) is 20.1 Å². The van der Waals surface area contributed by atoms with Gasteiger partial charge in [0.1, 0.15) is 0 Å². The Morgan fingerprint density at radius 2 is 1.57 bits per heavy atom. The molecule has 0 fully saturated rings. The number of nitrogens with zero attached hydrogens (tertiary/aromatic N) is 2. The van der Waals surface area contributed by atoms with Gasteiger partial charge < -0.3 is 10.4 Å². The molecule has 2 aromatic carbocycles. The summed E-state index contributed by atoms with van der Waals surface area (Å²) in [6.07, 6.45) is 0. The molecule has 4 heteroatoms. The number of benzene rings is 2. The van der Waals surface area contributed by atoms with Gasteiger partial charge in [0.25, 0.3) is 0 Å². The molecule has 0 unspecified atom stereocenters. The molecule has 3 rings (SSSR count). The average Bonchev–Trinajstić information content (AvgIpc) is 2.55. The highest BCUT2D eigenvalue weighted by Gasteiger charge is 2.05. The monoisotopic (exact) mass is 279 g/mol. The number of hydrogen-bond acceptors (Lipinski definition) is 4. The second kappa shape index (κ2) is 5.89. The first-order chi connectivity index (χ1) is 10.3. The summed E-state index contributed by atoms with van der Waals surface area (Å²) < 4.78 is 0. The number of anilines is 1. The van der Waals surface area contributed by atoms with E-state index in [0.29, 0.717) is 6.54 Å². The van der Waals surface area contributed by atoms with Gasteiger partial charge in [0, 0.05) is 17.3 Å². The van der Waals surface area contributed by atoms with Crippen molar-refractivity contribution in [1.82, 2.24) is 10.2 Å². The van der Waals surface area contributed by atoms with Crippen LogP contribution in [0.5, 0.6) is 0 Å². The minimum Gasteiger partial charge on any atom is -0.392 e. The lowest BCUT2D eigenvalue weighted by Crippen LogP contribution is -2.04. The lowest BCUT2D eigenvalue weighted by atomic mass is 10.1. The molecular weight excluding hydrogens is 262 g/mol. The van der Waals surface area contributed by atoms with Gasteiger partial charge in [0.15, 0.2) is 5.82 Å². The Morgan fingerprint density at radius 1 is 0.905 bits per heavy atom. The molecule has 0 amide bonds. The zero-order valence-electron chi connectivity index (χ0n) is 11.9. The Bertz CT molecular complexity index is 754. The van der Waals surface area contributed by atoms with Gasteiger partial charge in [-0.1, -0.05) is 48.5 Å². The van der Waals surface area contributed by atoms with E-state index in [-0.39, 0.29) is 6.61 Å². The van der Waals surface area contributed by atoms with E-state index in [2.05, 4.69) is 21.6 Å². The second-order valence-corrected chi connectivity index (χ2v) is 5.01. The van der Waals surface area contributed by atoms with Crippen molar-refractivity contribution >= 4 is 16.6 Å². The third-order valence-corrected chi connectivity index (χ3v) is 3.54. The van der Waals surface area contributed by atoms with Crippen LogP contribution in [0.1, 0.15) is 16.8 Å². The Balaban J connectivity index is 1.83. The third-order valence-electron chi connectivity index (χ3n) is 3.54. The second-order valence-electron chi connectivity index (χ2n) is 5.01. The molecule has 106 valence electrons. The summed E-state index contributed by atoms with van der Waals surface area (Å²) in [6.45, 7) is 2.71. The molecule has 0 aliphatic carbocycles. The summed E-state index contributed by atoms with van der Waals surface area (Å²) >= 11 is 0. The predicted molar refractivity (Wildman–Crippen MR) is 84.0 cm³/mol. The Kier molecular flexibility index (Phi) is 3.79. The molecule has 0 saturated heterocycles. The Labute approximate surface area is 123 Å². The number of nitrogens with one attached hydrogen (secondary N) is 1. The molecule has 3 aromatic rings. The number of rotatable bonds is 4. The summed E-state index contributed by atoms with van der Waals surface area (Å²) in [6, 6.07) is 16.0. The largest absolute Gasteiger partial charge is 0.392 e. The molecule has 0 bridgehead atoms. The first-order valence-electron chi connectivity index (χ1n) is 6.92. The molecule has 21 heavy (non-hydrogen) atoms. The van der Waals surface area contributed by atoms with E-state index < -0.39 is 0 Å². The fourth-order valence-electron chi connectivity index (χ4n) is 2.32. The van der Waals surface area contributed by atoms with Crippen LogP contribution in [0.3, 0.4) is 0 Å². The fraction of sp³-hybridized carbons (Fsp3) is 0.176. The van der Waals surface area contributed by atoms with Crippen LogP contribution in [0.25, 0.3) is 10.8 Å². The van der Waals surface area contributed by atoms with Crippen LogP contribution in [-0.2, 0) is 13.2 Å². The number of aryl methyl sites for hydroxylation is 1. The van der Waals surface area contributed by atoms with Gasteiger partial charge in [0.05, 0.1) is 12.3 Å². The summed E-state index contributed by atoms with van der Waals surface area (Å²) in [5.41, 5.74) is 2.99. The van der Waals surface area contributed by atoms with Gasteiger partial charge >= 0.3 is 0 Å². The van der Waals surface area contributed by atoms with Crippen molar-refractivity contribution in [2.24, 2.45) is 0 Å². The molecule has 0 aliphatic heterocycles. The minimum atomic E-state index is 0.0712. The van der Waals surface area contributed by atoms with Crippen LogP contribution < -0.4 is 5.32 Å². The Morgan fingerprint density at radius 3 is 2.29 bits per heavy atom. The van der Waals surface area contributed by atoms with Gasteiger partial charge in [-0.25, -0.2) is 0 Å². The molecular formula is C17H17N3O. The van der Waals surface area contributed by atoms with E-state index >= 15 is 0 Å². The molecule has 0 aliphatic rings. The average molecular weight is 279 g/mol. The molecule has 2 N–H and O–H groups in total. The summed E-state index contributed by atoms with van der Waals surface area (Å²) in [4.78, 5) is 0. The maximum atomic E-state index is 9.05. The van der Waals surface area contributed by atoms with Gasteiger partial charge in [-0.15, -0.1) is 5.10 Å². The predicted octanol–water partition coefficient (Wildman–Crippen LogP) is 3.04. The van der Waals surface area contributed by atoms with Crippen LogP contribution in [0.2, 0.25) is 0 Å². The van der Waals surface area contributed by atoms with Crippen molar-refractivity contribution in [2.75, 3.05) is 5.32 Å². The van der Waals surface area contributed by atoms with Gasteiger partial charge in [-0.05, 0) is 18.1 Å². The molecule has 0 radical (unpaired) electrons. The highest BCUT2D eigenvalue weighted by atomic mass is 16.3. The van der Waals surface area contributed by atoms with Gasteiger partial charge in [0.2, 0.25) is 0 Å². The Hall–Kier alpha value is -2.46. The summed E-state index contributed by atoms with van der Waals surface area (Å²) in [5.74, 6) is 0.794. The molecule has 0 atom stereocenters. The zero-order valence-corrected chi connectivity index (χ0v) is 11.9. The van der Waals surface area contributed by atoms with Crippen molar-refractivity contribution in [3.05, 3.63) is 65.4 Å². The van der Waals surface area contributed by atoms with Crippen LogP contribution in [0.4, 0.5) is 5.82 Å². The standard InChI is InChI=1S/C17H17N3O/c1-12-15-4-2-3-5-16(15)17(20-19-12)18-10-13-6-8-14(11-21)9-7-13/h2-9,21H,10-11H2,1H3,(H,18,20). The lowest BCUT2D eigenvalue weighted by Gasteiger charge is -2.09. The van der Waals surface area contributed by atoms with Crippen molar-refractivity contribution < 1.29 is 5.11 Å². The molecule has 1 aromatic heterocycles. The number of fused-ring (bicyclic) bond motifs is 1. The van der Waals surface area contributed by atoms with Crippen molar-refractivity contribution in [3.8, 4) is 0 Å². The van der Waals surface area contributed by atoms with Crippen LogP contribution in [0.15, 0.2) is 48.5 Å². The van der Waals surface area contributed by atoms with E-state index in [1.807, 2.05) is 49.4 Å². The number of aromatic nitrogens is 2. The van der Waals surface area contributed by atoms with Crippen LogP contribution in [-0.4, -0.2) is 15.3 Å². The molecule has 1 heterocycles. The quantitative estimate of drug-likeness (QED) is 0.770. The van der Waals surface area contributed by atoms with Crippen LogP contribution in [0, 0.1) is 6.92 Å². The molecule has 0 spiro atoms. The topological polar surface area (TPSA) is 58.0 Å². The number of aliphatic hydroxyl groups excluding tert-OH is 1. The fourth-order valence-corrected chi connectivity index (χ4v) is 2.32. The van der Waals surface area contributed by atoms with E-state index in [4.69, 9.17) is 5.11 Å². The number of aliphatic hydroxyl groups is 1. The van der Waals surface area contributed by atoms with E-state index in [1.54, 1.807) is 0 Å². The van der Waals surface area contributed by atoms with Gasteiger partial charge in [-0.2, -0.15) is 5.10 Å². The smallest absolute Gasteiger partial charge is 0.156 e. The van der Waals surface area contributed by atoms with Crippen molar-refractivity contribution in [1.29, 1.82) is 0 Å². The van der Waals surface area contributed by atoms with E-state index in [0.717, 1.165) is 33.4 Å². The zero-order chi connectivity index (χ0) is 14.7. The number of hydrogen-bond donors (Lipinski definition) is 2. The maximum Gasteiger partial charge on any atom is 0.156 e. The van der Waals surface area contributed by atoms with E-state index in [1.165, 1.54) is 0 Å². The third kappa shape index (κ3) is 2.85. The van der Waals surface area contributed by atoms with Crippen molar-refractivity contribution in [3.63, 3.8) is 0 Å².